The van der Waals surface area contributed by atoms with Crippen molar-refractivity contribution in [3.8, 4) is 10.6 Å². The standard InChI is InChI=1S/C16H14F3NO3S/c1-8-13(15(22)23-10(3)9(2)21)24-14(20-8)11-4-6-12(7-5-11)16(17,18)19/h4-7,10H,1-3H3. The molecule has 2 rings (SSSR count). The monoisotopic (exact) mass is 357 g/mol. The van der Waals surface area contributed by atoms with E-state index >= 15 is 0 Å². The van der Waals surface area contributed by atoms with Crippen molar-refractivity contribution in [1.29, 1.82) is 0 Å². The number of hydrogen-bond acceptors (Lipinski definition) is 5. The fourth-order valence-corrected chi connectivity index (χ4v) is 2.76. The van der Waals surface area contributed by atoms with Crippen molar-refractivity contribution < 1.29 is 27.5 Å². The first kappa shape index (κ1) is 18.1. The van der Waals surface area contributed by atoms with Gasteiger partial charge < -0.3 is 4.74 Å². The summed E-state index contributed by atoms with van der Waals surface area (Å²) in [4.78, 5) is 27.6. The first-order chi connectivity index (χ1) is 11.1. The molecule has 0 fully saturated rings. The SMILES string of the molecule is CC(=O)C(C)OC(=O)c1sc(-c2ccc(C(F)(F)F)cc2)nc1C. The first-order valence-electron chi connectivity index (χ1n) is 6.96. The first-order valence-corrected chi connectivity index (χ1v) is 7.77. The van der Waals surface area contributed by atoms with Gasteiger partial charge >= 0.3 is 12.1 Å². The van der Waals surface area contributed by atoms with E-state index in [1.165, 1.54) is 26.0 Å². The maximum Gasteiger partial charge on any atom is 0.416 e. The van der Waals surface area contributed by atoms with Crippen LogP contribution in [0, 0.1) is 6.92 Å². The Hall–Kier alpha value is -2.22. The second kappa shape index (κ2) is 6.72. The minimum absolute atomic E-state index is 0.220. The van der Waals surface area contributed by atoms with Gasteiger partial charge in [-0.3, -0.25) is 4.79 Å². The van der Waals surface area contributed by atoms with E-state index in [1.54, 1.807) is 6.92 Å². The molecule has 0 aliphatic carbocycles. The number of ketones is 1. The van der Waals surface area contributed by atoms with Crippen molar-refractivity contribution >= 4 is 23.1 Å². The van der Waals surface area contributed by atoms with Gasteiger partial charge in [0.1, 0.15) is 9.88 Å². The maximum absolute atomic E-state index is 12.6. The van der Waals surface area contributed by atoms with Crippen molar-refractivity contribution in [2.45, 2.75) is 33.1 Å². The largest absolute Gasteiger partial charge is 0.450 e. The topological polar surface area (TPSA) is 56.3 Å². The molecule has 4 nitrogen and oxygen atoms in total. The van der Waals surface area contributed by atoms with E-state index in [0.29, 0.717) is 16.3 Å². The number of aryl methyl sites for hydroxylation is 1. The Bertz CT molecular complexity index is 766. The predicted octanol–water partition coefficient (Wildman–Crippen LogP) is 4.27. The molecular formula is C16H14F3NO3S. The van der Waals surface area contributed by atoms with E-state index in [1.807, 2.05) is 0 Å². The minimum Gasteiger partial charge on any atom is -0.450 e. The van der Waals surface area contributed by atoms with Gasteiger partial charge in [-0.05, 0) is 32.9 Å². The number of nitrogens with zero attached hydrogens (tertiary/aromatic N) is 1. The maximum atomic E-state index is 12.6. The number of hydrogen-bond donors (Lipinski definition) is 0. The molecule has 128 valence electrons. The van der Waals surface area contributed by atoms with E-state index in [9.17, 15) is 22.8 Å². The van der Waals surface area contributed by atoms with Gasteiger partial charge in [-0.2, -0.15) is 13.2 Å². The van der Waals surface area contributed by atoms with Gasteiger partial charge in [0.15, 0.2) is 11.9 Å². The summed E-state index contributed by atoms with van der Waals surface area (Å²) in [5, 5.41) is 0.406. The number of halogens is 3. The number of benzene rings is 1. The number of esters is 1. The highest BCUT2D eigenvalue weighted by atomic mass is 32.1. The normalized spacial score (nSPS) is 12.8. The Morgan fingerprint density at radius 2 is 1.79 bits per heavy atom. The van der Waals surface area contributed by atoms with Crippen molar-refractivity contribution in [2.24, 2.45) is 0 Å². The fraction of sp³-hybridized carbons (Fsp3) is 0.312. The Balaban J connectivity index is 2.25. The highest BCUT2D eigenvalue weighted by molar-refractivity contribution is 7.17. The molecule has 8 heteroatoms. The average molecular weight is 357 g/mol. The summed E-state index contributed by atoms with van der Waals surface area (Å²) in [6.45, 7) is 4.37. The zero-order valence-corrected chi connectivity index (χ0v) is 13.9. The molecule has 0 amide bonds. The van der Waals surface area contributed by atoms with Gasteiger partial charge in [-0.1, -0.05) is 12.1 Å². The predicted molar refractivity (Wildman–Crippen MR) is 82.8 cm³/mol. The van der Waals surface area contributed by atoms with E-state index in [0.717, 1.165) is 23.5 Å². The quantitative estimate of drug-likeness (QED) is 0.767. The number of thiazole rings is 1. The van der Waals surface area contributed by atoms with Crippen LogP contribution in [0.25, 0.3) is 10.6 Å². The Labute approximate surface area is 140 Å². The minimum atomic E-state index is -4.41. The molecule has 0 bridgehead atoms. The Morgan fingerprint density at radius 1 is 1.21 bits per heavy atom. The van der Waals surface area contributed by atoms with Gasteiger partial charge in [0, 0.05) is 5.56 Å². The number of Topliss-reactive ketones (excluding diaryl/α,β-unsaturated/α-hetero) is 1. The highest BCUT2D eigenvalue weighted by Gasteiger charge is 2.30. The van der Waals surface area contributed by atoms with Crippen molar-refractivity contribution in [3.05, 3.63) is 40.4 Å². The zero-order valence-electron chi connectivity index (χ0n) is 13.1. The summed E-state index contributed by atoms with van der Waals surface area (Å²) in [5.74, 6) is -0.959. The third-order valence-corrected chi connectivity index (χ3v) is 4.48. The van der Waals surface area contributed by atoms with Crippen LogP contribution in [0.15, 0.2) is 24.3 Å². The molecule has 1 atom stereocenters. The number of rotatable bonds is 4. The van der Waals surface area contributed by atoms with Crippen LogP contribution in [0.4, 0.5) is 13.2 Å². The number of aromatic nitrogens is 1. The van der Waals surface area contributed by atoms with Crippen molar-refractivity contribution in [1.82, 2.24) is 4.98 Å². The van der Waals surface area contributed by atoms with Crippen LogP contribution in [0.2, 0.25) is 0 Å². The van der Waals surface area contributed by atoms with Gasteiger partial charge in [0.2, 0.25) is 0 Å². The molecule has 1 unspecified atom stereocenters. The van der Waals surface area contributed by atoms with Gasteiger partial charge in [-0.25, -0.2) is 9.78 Å². The molecule has 0 aliphatic heterocycles. The van der Waals surface area contributed by atoms with Gasteiger partial charge in [0.05, 0.1) is 11.3 Å². The summed E-state index contributed by atoms with van der Waals surface area (Å²) >= 11 is 1.01. The smallest absolute Gasteiger partial charge is 0.416 e. The lowest BCUT2D eigenvalue weighted by Gasteiger charge is -2.08. The molecule has 1 heterocycles. The number of ether oxygens (including phenoxy) is 1. The molecule has 1 aromatic carbocycles. The number of alkyl halides is 3. The average Bonchev–Trinajstić information content (AvgIpc) is 2.88. The third-order valence-electron chi connectivity index (χ3n) is 3.30. The molecular weight excluding hydrogens is 343 g/mol. The summed E-state index contributed by atoms with van der Waals surface area (Å²) < 4.78 is 42.8. The summed E-state index contributed by atoms with van der Waals surface area (Å²) in [7, 11) is 0. The Kier molecular flexibility index (Phi) is 5.08. The molecule has 0 aliphatic rings. The lowest BCUT2D eigenvalue weighted by Crippen LogP contribution is -2.21. The third kappa shape index (κ3) is 4.00. The second-order valence-electron chi connectivity index (χ2n) is 5.17. The zero-order chi connectivity index (χ0) is 18.1. The summed E-state index contributed by atoms with van der Waals surface area (Å²) in [5.41, 5.74) is 0.111. The molecule has 0 N–H and O–H groups in total. The van der Waals surface area contributed by atoms with Crippen molar-refractivity contribution in [2.75, 3.05) is 0 Å². The molecule has 1 aromatic heterocycles. The van der Waals surface area contributed by atoms with Crippen LogP contribution in [-0.4, -0.2) is 22.8 Å². The van der Waals surface area contributed by atoms with Crippen LogP contribution < -0.4 is 0 Å². The molecule has 0 spiro atoms. The lowest BCUT2D eigenvalue weighted by atomic mass is 10.1. The van der Waals surface area contributed by atoms with E-state index in [2.05, 4.69) is 4.98 Å². The Morgan fingerprint density at radius 3 is 2.29 bits per heavy atom. The second-order valence-corrected chi connectivity index (χ2v) is 6.17. The van der Waals surface area contributed by atoms with Gasteiger partial charge in [0.25, 0.3) is 0 Å². The van der Waals surface area contributed by atoms with Crippen LogP contribution in [0.5, 0.6) is 0 Å². The van der Waals surface area contributed by atoms with Crippen LogP contribution >= 0.6 is 11.3 Å². The van der Waals surface area contributed by atoms with Crippen LogP contribution in [0.1, 0.15) is 34.8 Å². The fourth-order valence-electron chi connectivity index (χ4n) is 1.81. The lowest BCUT2D eigenvalue weighted by molar-refractivity contribution is -0.137. The highest BCUT2D eigenvalue weighted by Crippen LogP contribution is 2.33. The van der Waals surface area contributed by atoms with Crippen molar-refractivity contribution in [3.63, 3.8) is 0 Å². The molecule has 24 heavy (non-hydrogen) atoms. The van der Waals surface area contributed by atoms with E-state index < -0.39 is 23.8 Å². The molecule has 0 saturated heterocycles. The molecule has 0 radical (unpaired) electrons. The number of carbonyl (C=O) groups is 2. The summed E-state index contributed by atoms with van der Waals surface area (Å²) in [6.07, 6.45) is -5.27. The van der Waals surface area contributed by atoms with Crippen LogP contribution in [-0.2, 0) is 15.7 Å². The number of carbonyl (C=O) groups excluding carboxylic acids is 2. The summed E-state index contributed by atoms with van der Waals surface area (Å²) in [6, 6.07) is 4.52. The van der Waals surface area contributed by atoms with Crippen LogP contribution in [0.3, 0.4) is 0 Å². The molecule has 2 aromatic rings. The van der Waals surface area contributed by atoms with E-state index in [-0.39, 0.29) is 10.7 Å². The van der Waals surface area contributed by atoms with E-state index in [4.69, 9.17) is 4.74 Å². The van der Waals surface area contributed by atoms with Gasteiger partial charge in [-0.15, -0.1) is 11.3 Å². The molecule has 0 saturated carbocycles.